The summed E-state index contributed by atoms with van der Waals surface area (Å²) >= 11 is 1.46. The van der Waals surface area contributed by atoms with Gasteiger partial charge in [0.25, 0.3) is 0 Å². The molecule has 4 aromatic rings. The summed E-state index contributed by atoms with van der Waals surface area (Å²) in [6.45, 7) is 6.69. The maximum Gasteiger partial charge on any atom is 0.192 e. The quantitative estimate of drug-likeness (QED) is 0.367. The summed E-state index contributed by atoms with van der Waals surface area (Å²) in [6, 6.07) is 17.9. The highest BCUT2D eigenvalue weighted by Gasteiger charge is 2.24. The lowest BCUT2D eigenvalue weighted by Crippen LogP contribution is -2.15. The number of hydrogen-bond donors (Lipinski definition) is 1. The third kappa shape index (κ3) is 3.24. The standard InChI is InChI=1S/C22H22N4OS/c1-4-26-21(16-10-6-5-7-11-16)24-25-22(26)28-15(3)20(27)19-14(2)23-18-13-9-8-12-17(18)19/h5-13,15,23H,4H2,1-3H3/t15-/m0/s1. The van der Waals surface area contributed by atoms with Crippen LogP contribution in [0.5, 0.6) is 0 Å². The highest BCUT2D eigenvalue weighted by Crippen LogP contribution is 2.31. The highest BCUT2D eigenvalue weighted by molar-refractivity contribution is 8.00. The number of aryl methyl sites for hydroxylation is 1. The largest absolute Gasteiger partial charge is 0.358 e. The zero-order valence-electron chi connectivity index (χ0n) is 16.1. The van der Waals surface area contributed by atoms with Crippen LogP contribution >= 0.6 is 11.8 Å². The molecule has 0 saturated carbocycles. The Balaban J connectivity index is 1.63. The van der Waals surface area contributed by atoms with Crippen LogP contribution in [0.3, 0.4) is 0 Å². The van der Waals surface area contributed by atoms with Gasteiger partial charge >= 0.3 is 0 Å². The number of aromatic nitrogens is 4. The second kappa shape index (κ2) is 7.64. The first-order valence-corrected chi connectivity index (χ1v) is 10.2. The summed E-state index contributed by atoms with van der Waals surface area (Å²) in [7, 11) is 0. The molecule has 0 unspecified atom stereocenters. The lowest BCUT2D eigenvalue weighted by atomic mass is 10.1. The third-order valence-electron chi connectivity index (χ3n) is 4.86. The van der Waals surface area contributed by atoms with Crippen molar-refractivity contribution in [3.05, 3.63) is 65.9 Å². The Hall–Kier alpha value is -2.86. The minimum atomic E-state index is -0.268. The topological polar surface area (TPSA) is 63.6 Å². The van der Waals surface area contributed by atoms with Crippen molar-refractivity contribution in [1.82, 2.24) is 19.7 Å². The number of carbonyl (C=O) groups excluding carboxylic acids is 1. The first kappa shape index (κ1) is 18.5. The number of carbonyl (C=O) groups is 1. The van der Waals surface area contributed by atoms with Gasteiger partial charge in [0, 0.05) is 34.3 Å². The number of aromatic amines is 1. The first-order valence-electron chi connectivity index (χ1n) is 9.37. The van der Waals surface area contributed by atoms with Gasteiger partial charge in [-0.05, 0) is 26.8 Å². The van der Waals surface area contributed by atoms with Gasteiger partial charge in [0.05, 0.1) is 5.25 Å². The van der Waals surface area contributed by atoms with E-state index in [0.29, 0.717) is 0 Å². The van der Waals surface area contributed by atoms with Crippen LogP contribution in [0.4, 0.5) is 0 Å². The lowest BCUT2D eigenvalue weighted by Gasteiger charge is -2.12. The van der Waals surface area contributed by atoms with Gasteiger partial charge in [-0.15, -0.1) is 10.2 Å². The zero-order chi connectivity index (χ0) is 19.7. The Morgan fingerprint density at radius 2 is 1.82 bits per heavy atom. The normalized spacial score (nSPS) is 12.4. The zero-order valence-corrected chi connectivity index (χ0v) is 17.0. The number of thioether (sulfide) groups is 1. The number of nitrogens with zero attached hydrogens (tertiary/aromatic N) is 3. The van der Waals surface area contributed by atoms with Crippen molar-refractivity contribution >= 4 is 28.4 Å². The van der Waals surface area contributed by atoms with Gasteiger partial charge in [0.15, 0.2) is 16.8 Å². The monoisotopic (exact) mass is 390 g/mol. The summed E-state index contributed by atoms with van der Waals surface area (Å²) in [4.78, 5) is 16.5. The van der Waals surface area contributed by atoms with Crippen molar-refractivity contribution in [1.29, 1.82) is 0 Å². The second-order valence-electron chi connectivity index (χ2n) is 6.71. The van der Waals surface area contributed by atoms with Crippen molar-refractivity contribution in [2.45, 2.75) is 37.7 Å². The predicted molar refractivity (Wildman–Crippen MR) is 114 cm³/mol. The molecular formula is C22H22N4OS. The molecule has 2 aromatic carbocycles. The summed E-state index contributed by atoms with van der Waals surface area (Å²) in [5, 5.41) is 10.2. The average molecular weight is 391 g/mol. The molecule has 142 valence electrons. The molecule has 0 spiro atoms. The molecule has 5 nitrogen and oxygen atoms in total. The minimum Gasteiger partial charge on any atom is -0.358 e. The van der Waals surface area contributed by atoms with Gasteiger partial charge in [0.1, 0.15) is 0 Å². The molecule has 0 aliphatic heterocycles. The highest BCUT2D eigenvalue weighted by atomic mass is 32.2. The Morgan fingerprint density at radius 1 is 1.11 bits per heavy atom. The van der Waals surface area contributed by atoms with E-state index in [-0.39, 0.29) is 11.0 Å². The summed E-state index contributed by atoms with van der Waals surface area (Å²) in [5.41, 5.74) is 3.68. The Bertz CT molecular complexity index is 1130. The molecular weight excluding hydrogens is 368 g/mol. The number of H-pyrrole nitrogens is 1. The van der Waals surface area contributed by atoms with E-state index in [0.717, 1.165) is 45.2 Å². The Morgan fingerprint density at radius 3 is 2.57 bits per heavy atom. The van der Waals surface area contributed by atoms with Gasteiger partial charge in [-0.25, -0.2) is 0 Å². The summed E-state index contributed by atoms with van der Waals surface area (Å²) in [5.74, 6) is 0.931. The van der Waals surface area contributed by atoms with Crippen LogP contribution in [0.25, 0.3) is 22.3 Å². The first-order chi connectivity index (χ1) is 13.6. The fraction of sp³-hybridized carbons (Fsp3) is 0.227. The van der Waals surface area contributed by atoms with Crippen LogP contribution in [0, 0.1) is 6.92 Å². The van der Waals surface area contributed by atoms with Crippen LogP contribution < -0.4 is 0 Å². The number of nitrogens with one attached hydrogen (secondary N) is 1. The van der Waals surface area contributed by atoms with E-state index in [1.165, 1.54) is 11.8 Å². The maximum atomic E-state index is 13.2. The number of Topliss-reactive ketones (excluding diaryl/α,β-unsaturated/α-hetero) is 1. The molecule has 6 heteroatoms. The van der Waals surface area contributed by atoms with E-state index in [9.17, 15) is 4.79 Å². The Labute approximate surface area is 168 Å². The summed E-state index contributed by atoms with van der Waals surface area (Å²) in [6.07, 6.45) is 0. The molecule has 0 aliphatic carbocycles. The van der Waals surface area contributed by atoms with Crippen molar-refractivity contribution in [3.8, 4) is 11.4 Å². The fourth-order valence-corrected chi connectivity index (χ4v) is 4.44. The molecule has 28 heavy (non-hydrogen) atoms. The van der Waals surface area contributed by atoms with Gasteiger partial charge in [-0.2, -0.15) is 0 Å². The summed E-state index contributed by atoms with van der Waals surface area (Å²) < 4.78 is 2.06. The van der Waals surface area contributed by atoms with E-state index in [1.807, 2.05) is 68.4 Å². The molecule has 2 heterocycles. The molecule has 0 radical (unpaired) electrons. The number of rotatable bonds is 6. The van der Waals surface area contributed by atoms with E-state index >= 15 is 0 Å². The maximum absolute atomic E-state index is 13.2. The molecule has 0 amide bonds. The van der Waals surface area contributed by atoms with E-state index in [1.54, 1.807) is 0 Å². The molecule has 1 atom stereocenters. The van der Waals surface area contributed by atoms with Gasteiger partial charge in [0.2, 0.25) is 0 Å². The average Bonchev–Trinajstić information content (AvgIpc) is 3.27. The van der Waals surface area contributed by atoms with Gasteiger partial charge < -0.3 is 9.55 Å². The minimum absolute atomic E-state index is 0.104. The van der Waals surface area contributed by atoms with Crippen LogP contribution in [-0.2, 0) is 6.54 Å². The molecule has 1 N–H and O–H groups in total. The van der Waals surface area contributed by atoms with E-state index in [2.05, 4.69) is 26.7 Å². The smallest absolute Gasteiger partial charge is 0.192 e. The molecule has 0 saturated heterocycles. The van der Waals surface area contributed by atoms with Crippen molar-refractivity contribution < 1.29 is 4.79 Å². The predicted octanol–water partition coefficient (Wildman–Crippen LogP) is 5.12. The number of benzene rings is 2. The molecule has 2 aromatic heterocycles. The molecule has 0 fully saturated rings. The fourth-order valence-electron chi connectivity index (χ4n) is 3.47. The number of ketones is 1. The lowest BCUT2D eigenvalue weighted by molar-refractivity contribution is 0.0995. The van der Waals surface area contributed by atoms with Crippen LogP contribution in [0.15, 0.2) is 59.8 Å². The van der Waals surface area contributed by atoms with Gasteiger partial charge in [-0.3, -0.25) is 4.79 Å². The van der Waals surface area contributed by atoms with Crippen LogP contribution in [-0.4, -0.2) is 30.8 Å². The molecule has 4 rings (SSSR count). The van der Waals surface area contributed by atoms with Crippen molar-refractivity contribution in [2.24, 2.45) is 0 Å². The van der Waals surface area contributed by atoms with Crippen LogP contribution in [0.2, 0.25) is 0 Å². The second-order valence-corrected chi connectivity index (χ2v) is 8.02. The Kier molecular flexibility index (Phi) is 5.05. The number of fused-ring (bicyclic) bond motifs is 1. The number of hydrogen-bond acceptors (Lipinski definition) is 4. The van der Waals surface area contributed by atoms with E-state index in [4.69, 9.17) is 0 Å². The van der Waals surface area contributed by atoms with Crippen LogP contribution in [0.1, 0.15) is 29.9 Å². The SMILES string of the molecule is CCn1c(S[C@@H](C)C(=O)c2c(C)[nH]c3ccccc23)nnc1-c1ccccc1. The van der Waals surface area contributed by atoms with Crippen molar-refractivity contribution in [3.63, 3.8) is 0 Å². The number of para-hydroxylation sites is 1. The van der Waals surface area contributed by atoms with Gasteiger partial charge in [-0.1, -0.05) is 60.3 Å². The van der Waals surface area contributed by atoms with Crippen molar-refractivity contribution in [2.75, 3.05) is 0 Å². The molecule has 0 bridgehead atoms. The molecule has 0 aliphatic rings. The third-order valence-corrected chi connectivity index (χ3v) is 5.94. The van der Waals surface area contributed by atoms with E-state index < -0.39 is 0 Å².